The number of nitrogens with one attached hydrogen (secondary N) is 1. The first kappa shape index (κ1) is 23.9. The highest BCUT2D eigenvalue weighted by molar-refractivity contribution is 6.41. The number of aryl methyl sites for hydroxylation is 2. The number of H-pyrrole nitrogens is 1. The number of rotatable bonds is 4. The van der Waals surface area contributed by atoms with Gasteiger partial charge < -0.3 is 29.0 Å². The minimum Gasteiger partial charge on any atom is -0.493 e. The van der Waals surface area contributed by atoms with E-state index in [2.05, 4.69) is 33.7 Å². The van der Waals surface area contributed by atoms with E-state index >= 15 is 0 Å². The highest BCUT2D eigenvalue weighted by Gasteiger charge is 2.28. The second kappa shape index (κ2) is 9.35. The lowest BCUT2D eigenvalue weighted by molar-refractivity contribution is 0.0886. The van der Waals surface area contributed by atoms with Crippen molar-refractivity contribution >= 4 is 41.2 Å². The first-order valence-electron chi connectivity index (χ1n) is 12.0. The quantitative estimate of drug-likeness (QED) is 0.443. The number of nitrogens with zero attached hydrogens (tertiary/aromatic N) is 4. The number of piperazine rings is 1. The standard InChI is InChI=1S/C26H30BN5O4/c1-14-12-31(4)8-9-32(14)26(33)36-22-10-17-19(11-21(22)34-5)28-13-29-25(17)35-20-7-6-18-23(24(20)27)15(2)16(3)30-18/h6-7,10-11,13-14,30H,8-9,12,27H2,1-5H3. The zero-order chi connectivity index (χ0) is 25.6. The Hall–Kier alpha value is -3.79. The van der Waals surface area contributed by atoms with Crippen molar-refractivity contribution < 1.29 is 19.0 Å². The van der Waals surface area contributed by atoms with Crippen LogP contribution in [0.1, 0.15) is 18.2 Å². The van der Waals surface area contributed by atoms with Gasteiger partial charge in [0.05, 0.1) is 18.0 Å². The summed E-state index contributed by atoms with van der Waals surface area (Å²) in [6.45, 7) is 8.36. The topological polar surface area (TPSA) is 92.8 Å². The smallest absolute Gasteiger partial charge is 0.415 e. The van der Waals surface area contributed by atoms with Gasteiger partial charge in [-0.1, -0.05) is 0 Å². The van der Waals surface area contributed by atoms with Gasteiger partial charge in [0.2, 0.25) is 5.88 Å². The Bertz CT molecular complexity index is 1470. The average molecular weight is 487 g/mol. The summed E-state index contributed by atoms with van der Waals surface area (Å²) in [4.78, 5) is 29.2. The van der Waals surface area contributed by atoms with Gasteiger partial charge in [0, 0.05) is 43.0 Å². The molecule has 0 aliphatic carbocycles. The molecule has 9 nitrogen and oxygen atoms in total. The molecule has 186 valence electrons. The van der Waals surface area contributed by atoms with Crippen LogP contribution in [0.4, 0.5) is 4.79 Å². The maximum atomic E-state index is 13.0. The summed E-state index contributed by atoms with van der Waals surface area (Å²) in [5.41, 5.74) is 5.03. The molecule has 4 aromatic rings. The SMILES string of the molecule is Bc1c(Oc2ncnc3cc(OC)c(OC(=O)N4CCN(C)CC4C)cc23)ccc2[nH]c(C)c(C)c12. The Labute approximate surface area is 210 Å². The van der Waals surface area contributed by atoms with Gasteiger partial charge in [-0.05, 0) is 62.4 Å². The number of hydrogen-bond donors (Lipinski definition) is 1. The Morgan fingerprint density at radius 3 is 2.69 bits per heavy atom. The van der Waals surface area contributed by atoms with Crippen LogP contribution in [0.15, 0.2) is 30.6 Å². The van der Waals surface area contributed by atoms with E-state index < -0.39 is 6.09 Å². The highest BCUT2D eigenvalue weighted by Crippen LogP contribution is 2.36. The number of carbonyl (C=O) groups is 1. The molecule has 0 bridgehead atoms. The monoisotopic (exact) mass is 487 g/mol. The fourth-order valence-corrected chi connectivity index (χ4v) is 4.90. The molecule has 2 aromatic heterocycles. The predicted molar refractivity (Wildman–Crippen MR) is 142 cm³/mol. The van der Waals surface area contributed by atoms with Crippen molar-refractivity contribution in [3.05, 3.63) is 41.9 Å². The van der Waals surface area contributed by atoms with Crippen LogP contribution in [0.2, 0.25) is 0 Å². The molecule has 1 fully saturated rings. The lowest BCUT2D eigenvalue weighted by Gasteiger charge is -2.37. The van der Waals surface area contributed by atoms with E-state index in [1.807, 2.05) is 34.0 Å². The third-order valence-corrected chi connectivity index (χ3v) is 7.03. The van der Waals surface area contributed by atoms with Crippen molar-refractivity contribution in [2.45, 2.75) is 26.8 Å². The van der Waals surface area contributed by atoms with Crippen molar-refractivity contribution in [2.75, 3.05) is 33.8 Å². The summed E-state index contributed by atoms with van der Waals surface area (Å²) >= 11 is 0. The van der Waals surface area contributed by atoms with Gasteiger partial charge in [-0.25, -0.2) is 14.8 Å². The molecule has 1 saturated heterocycles. The minimum absolute atomic E-state index is 0.0448. The van der Waals surface area contributed by atoms with Crippen LogP contribution in [0, 0.1) is 13.8 Å². The van der Waals surface area contributed by atoms with Crippen LogP contribution in [-0.2, 0) is 0 Å². The molecule has 0 spiro atoms. The molecule has 1 unspecified atom stereocenters. The van der Waals surface area contributed by atoms with E-state index in [0.29, 0.717) is 40.6 Å². The third-order valence-electron chi connectivity index (χ3n) is 7.03. The summed E-state index contributed by atoms with van der Waals surface area (Å²) in [5.74, 6) is 1.79. The largest absolute Gasteiger partial charge is 0.493 e. The Kier molecular flexibility index (Phi) is 6.21. The van der Waals surface area contributed by atoms with Crippen LogP contribution in [-0.4, -0.2) is 78.5 Å². The Balaban J connectivity index is 1.50. The van der Waals surface area contributed by atoms with E-state index in [9.17, 15) is 4.79 Å². The van der Waals surface area contributed by atoms with Gasteiger partial charge in [-0.3, -0.25) is 0 Å². The number of benzene rings is 2. The third kappa shape index (κ3) is 4.22. The molecule has 36 heavy (non-hydrogen) atoms. The lowest BCUT2D eigenvalue weighted by Crippen LogP contribution is -2.53. The molecule has 2 aromatic carbocycles. The van der Waals surface area contributed by atoms with Crippen LogP contribution in [0.25, 0.3) is 21.8 Å². The molecule has 1 aliphatic rings. The molecular formula is C26H30BN5O4. The number of amides is 1. The van der Waals surface area contributed by atoms with Gasteiger partial charge >= 0.3 is 6.09 Å². The number of carbonyl (C=O) groups excluding carboxylic acids is 1. The summed E-state index contributed by atoms with van der Waals surface area (Å²) in [7, 11) is 5.62. The first-order chi connectivity index (χ1) is 17.3. The molecule has 0 saturated carbocycles. The van der Waals surface area contributed by atoms with E-state index in [-0.39, 0.29) is 6.04 Å². The predicted octanol–water partition coefficient (Wildman–Crippen LogP) is 2.92. The molecule has 10 heteroatoms. The zero-order valence-corrected chi connectivity index (χ0v) is 21.5. The van der Waals surface area contributed by atoms with E-state index in [1.54, 1.807) is 17.0 Å². The summed E-state index contributed by atoms with van der Waals surface area (Å²) in [6, 6.07) is 7.43. The van der Waals surface area contributed by atoms with Gasteiger partial charge in [0.1, 0.15) is 19.9 Å². The molecular weight excluding hydrogens is 457 g/mol. The van der Waals surface area contributed by atoms with E-state index in [4.69, 9.17) is 14.2 Å². The van der Waals surface area contributed by atoms with Crippen LogP contribution < -0.4 is 19.7 Å². The second-order valence-electron chi connectivity index (χ2n) is 9.46. The van der Waals surface area contributed by atoms with Gasteiger partial charge in [0.15, 0.2) is 11.5 Å². The normalized spacial score (nSPS) is 16.5. The van der Waals surface area contributed by atoms with E-state index in [1.165, 1.54) is 19.0 Å². The molecule has 5 rings (SSSR count). The van der Waals surface area contributed by atoms with Crippen molar-refractivity contribution in [1.82, 2.24) is 24.8 Å². The summed E-state index contributed by atoms with van der Waals surface area (Å²) in [6.07, 6.45) is 1.04. The fraction of sp³-hybridized carbons (Fsp3) is 0.346. The van der Waals surface area contributed by atoms with Crippen LogP contribution >= 0.6 is 0 Å². The zero-order valence-electron chi connectivity index (χ0n) is 21.5. The van der Waals surface area contributed by atoms with Crippen LogP contribution in [0.5, 0.6) is 23.1 Å². The number of aromatic nitrogens is 3. The molecule has 1 atom stereocenters. The van der Waals surface area contributed by atoms with Crippen LogP contribution in [0.3, 0.4) is 0 Å². The highest BCUT2D eigenvalue weighted by atomic mass is 16.6. The maximum Gasteiger partial charge on any atom is 0.415 e. The Morgan fingerprint density at radius 2 is 1.94 bits per heavy atom. The number of ether oxygens (including phenoxy) is 3. The summed E-state index contributed by atoms with van der Waals surface area (Å²) < 4.78 is 17.7. The fourth-order valence-electron chi connectivity index (χ4n) is 4.90. The van der Waals surface area contributed by atoms with Crippen molar-refractivity contribution in [3.63, 3.8) is 0 Å². The van der Waals surface area contributed by atoms with Gasteiger partial charge in [-0.2, -0.15) is 0 Å². The number of hydrogen-bond acceptors (Lipinski definition) is 7. The molecule has 1 N–H and O–H groups in total. The number of fused-ring (bicyclic) bond motifs is 2. The molecule has 3 heterocycles. The Morgan fingerprint density at radius 1 is 1.14 bits per heavy atom. The maximum absolute atomic E-state index is 13.0. The van der Waals surface area contributed by atoms with E-state index in [0.717, 1.165) is 35.1 Å². The molecule has 1 amide bonds. The first-order valence-corrected chi connectivity index (χ1v) is 12.0. The number of likely N-dealkylation sites (N-methyl/N-ethyl adjacent to an activating group) is 1. The molecule has 1 aliphatic heterocycles. The van der Waals surface area contributed by atoms with Crippen molar-refractivity contribution in [1.29, 1.82) is 0 Å². The summed E-state index contributed by atoms with van der Waals surface area (Å²) in [5, 5.41) is 1.76. The van der Waals surface area contributed by atoms with Gasteiger partial charge in [-0.15, -0.1) is 0 Å². The molecule has 0 radical (unpaired) electrons. The minimum atomic E-state index is -0.410. The number of methoxy groups -OCH3 is 1. The van der Waals surface area contributed by atoms with Gasteiger partial charge in [0.25, 0.3) is 0 Å². The average Bonchev–Trinajstić information content (AvgIpc) is 3.14. The second-order valence-corrected chi connectivity index (χ2v) is 9.46. The van der Waals surface area contributed by atoms with Crippen molar-refractivity contribution in [3.8, 4) is 23.1 Å². The lowest BCUT2D eigenvalue weighted by atomic mass is 9.89. The number of aromatic amines is 1. The van der Waals surface area contributed by atoms with Crippen molar-refractivity contribution in [2.24, 2.45) is 0 Å².